The molecule has 34 heavy (non-hydrogen) atoms. The van der Waals surface area contributed by atoms with Crippen molar-refractivity contribution in [3.63, 3.8) is 0 Å². The number of carbonyl (C=O) groups excluding carboxylic acids is 1. The zero-order valence-electron chi connectivity index (χ0n) is 23.0. The third kappa shape index (κ3) is 9.02. The number of carbonyl (C=O) groups is 1. The van der Waals surface area contributed by atoms with Crippen LogP contribution in [-0.2, 0) is 13.6 Å². The summed E-state index contributed by atoms with van der Waals surface area (Å²) in [6.45, 7) is 24.5. The van der Waals surface area contributed by atoms with Crippen molar-refractivity contribution in [3.8, 4) is 0 Å². The fourth-order valence-electron chi connectivity index (χ4n) is 2.63. The van der Waals surface area contributed by atoms with Crippen LogP contribution in [-0.4, -0.2) is 48.3 Å². The van der Waals surface area contributed by atoms with E-state index in [1.165, 1.54) is 6.07 Å². The molecule has 1 aromatic rings. The molecule has 2 atom stereocenters. The van der Waals surface area contributed by atoms with Gasteiger partial charge in [-0.15, -0.1) is 0 Å². The number of amides is 1. The van der Waals surface area contributed by atoms with E-state index in [1.54, 1.807) is 12.1 Å². The van der Waals surface area contributed by atoms with Crippen molar-refractivity contribution in [1.29, 1.82) is 0 Å². The summed E-state index contributed by atoms with van der Waals surface area (Å²) in [6, 6.07) is 4.19. The molecule has 5 nitrogen and oxygen atoms in total. The Morgan fingerprint density at radius 1 is 1.00 bits per heavy atom. The van der Waals surface area contributed by atoms with E-state index in [0.717, 1.165) is 0 Å². The summed E-state index contributed by atoms with van der Waals surface area (Å²) in [5.41, 5.74) is 0.328. The minimum absolute atomic E-state index is 0.00436. The second-order valence-electron chi connectivity index (χ2n) is 12.2. The minimum Gasteiger partial charge on any atom is -0.415 e. The maximum Gasteiger partial charge on any atom is 0.234 e. The van der Waals surface area contributed by atoms with Crippen LogP contribution < -0.4 is 10.6 Å². The summed E-state index contributed by atoms with van der Waals surface area (Å²) in [5.74, 6) is -0.764. The van der Waals surface area contributed by atoms with E-state index in [2.05, 4.69) is 78.4 Å². The largest absolute Gasteiger partial charge is 0.415 e. The van der Waals surface area contributed by atoms with Crippen LogP contribution in [0, 0.1) is 5.82 Å². The van der Waals surface area contributed by atoms with Crippen LogP contribution in [0.25, 0.3) is 0 Å². The Balaban J connectivity index is 2.83. The van der Waals surface area contributed by atoms with Gasteiger partial charge in [0.2, 0.25) is 5.91 Å². The summed E-state index contributed by atoms with van der Waals surface area (Å²) in [6.07, 6.45) is 0. The highest BCUT2D eigenvalue weighted by atomic mass is 35.5. The van der Waals surface area contributed by atoms with Gasteiger partial charge in [-0.2, -0.15) is 0 Å². The quantitative estimate of drug-likeness (QED) is 0.313. The molecule has 0 radical (unpaired) electrons. The van der Waals surface area contributed by atoms with Gasteiger partial charge in [-0.25, -0.2) is 4.39 Å². The highest BCUT2D eigenvalue weighted by molar-refractivity contribution is 6.74. The fourth-order valence-corrected chi connectivity index (χ4v) is 4.93. The average Bonchev–Trinajstić information content (AvgIpc) is 2.68. The minimum atomic E-state index is -2.10. The lowest BCUT2D eigenvalue weighted by atomic mass is 10.1. The van der Waals surface area contributed by atoms with Crippen molar-refractivity contribution < 1.29 is 18.0 Å². The van der Waals surface area contributed by atoms with Gasteiger partial charge >= 0.3 is 0 Å². The summed E-state index contributed by atoms with van der Waals surface area (Å²) in [5, 5.41) is 6.31. The first kappa shape index (κ1) is 31.3. The van der Waals surface area contributed by atoms with Crippen LogP contribution >= 0.6 is 11.6 Å². The van der Waals surface area contributed by atoms with Gasteiger partial charge < -0.3 is 19.5 Å². The number of benzene rings is 1. The molecule has 0 fully saturated rings. The Hall–Kier alpha value is -0.776. The molecule has 0 aromatic heterocycles. The van der Waals surface area contributed by atoms with Gasteiger partial charge in [0.05, 0.1) is 24.2 Å². The van der Waals surface area contributed by atoms with E-state index in [4.69, 9.17) is 20.5 Å². The zero-order chi connectivity index (χ0) is 26.5. The normalized spacial score (nSPS) is 15.2. The molecule has 0 heterocycles. The first-order chi connectivity index (χ1) is 15.3. The molecule has 0 spiro atoms. The molecule has 1 rings (SSSR count). The van der Waals surface area contributed by atoms with Gasteiger partial charge in [-0.05, 0) is 49.3 Å². The van der Waals surface area contributed by atoms with E-state index in [1.807, 2.05) is 6.92 Å². The molecule has 196 valence electrons. The average molecular weight is 533 g/mol. The number of hydrogen-bond donors (Lipinski definition) is 2. The first-order valence-electron chi connectivity index (χ1n) is 12.0. The number of halogens is 2. The Labute approximate surface area is 213 Å². The van der Waals surface area contributed by atoms with E-state index < -0.39 is 28.5 Å². The third-order valence-corrected chi connectivity index (χ3v) is 16.5. The SMILES string of the molecule is CC(CO[Si](C)(C)C(C)(C)C)NCC(=O)N[C@@H](CO[Si](C)(C)C(C)(C)C)c1cccc(Cl)c1F. The fraction of sp³-hybridized carbons (Fsp3) is 0.720. The van der Waals surface area contributed by atoms with Crippen molar-refractivity contribution in [2.75, 3.05) is 19.8 Å². The predicted octanol–water partition coefficient (Wildman–Crippen LogP) is 6.66. The molecule has 0 aliphatic heterocycles. The highest BCUT2D eigenvalue weighted by Gasteiger charge is 2.38. The van der Waals surface area contributed by atoms with Crippen LogP contribution in [0.15, 0.2) is 18.2 Å². The standard InChI is InChI=1S/C25H46ClFN2O3Si2/c1-18(16-31-33(8,9)24(2,3)4)28-15-22(30)29-21(17-32-34(10,11)25(5,6)7)19-13-12-14-20(26)23(19)27/h12-14,18,21,28H,15-17H2,1-11H3,(H,29,30)/t18?,21-/m0/s1. The number of rotatable bonds is 11. The van der Waals surface area contributed by atoms with E-state index in [0.29, 0.717) is 12.2 Å². The maximum atomic E-state index is 14.8. The van der Waals surface area contributed by atoms with Gasteiger partial charge in [0.15, 0.2) is 16.6 Å². The second-order valence-corrected chi connectivity index (χ2v) is 22.2. The second kappa shape index (κ2) is 12.0. The molecule has 0 aliphatic carbocycles. The van der Waals surface area contributed by atoms with Crippen LogP contribution in [0.2, 0.25) is 41.3 Å². The van der Waals surface area contributed by atoms with Gasteiger partial charge in [0.1, 0.15) is 5.82 Å². The molecular weight excluding hydrogens is 487 g/mol. The smallest absolute Gasteiger partial charge is 0.234 e. The first-order valence-corrected chi connectivity index (χ1v) is 18.2. The highest BCUT2D eigenvalue weighted by Crippen LogP contribution is 2.38. The Kier molecular flexibility index (Phi) is 11.0. The van der Waals surface area contributed by atoms with E-state index in [9.17, 15) is 9.18 Å². The summed E-state index contributed by atoms with van der Waals surface area (Å²) in [7, 11) is -3.96. The Morgan fingerprint density at radius 2 is 1.50 bits per heavy atom. The van der Waals surface area contributed by atoms with Crippen molar-refractivity contribution in [2.45, 2.75) is 96.8 Å². The monoisotopic (exact) mass is 532 g/mol. The van der Waals surface area contributed by atoms with Crippen molar-refractivity contribution in [1.82, 2.24) is 10.6 Å². The van der Waals surface area contributed by atoms with Crippen LogP contribution in [0.5, 0.6) is 0 Å². The molecule has 2 N–H and O–H groups in total. The Bertz CT molecular complexity index is 823. The lowest BCUT2D eigenvalue weighted by Crippen LogP contribution is -2.47. The maximum absolute atomic E-state index is 14.8. The van der Waals surface area contributed by atoms with E-state index >= 15 is 0 Å². The van der Waals surface area contributed by atoms with Gasteiger partial charge in [-0.1, -0.05) is 65.3 Å². The van der Waals surface area contributed by atoms with E-state index in [-0.39, 0.29) is 40.2 Å². The molecule has 9 heteroatoms. The molecule has 0 saturated carbocycles. The molecule has 1 unspecified atom stereocenters. The zero-order valence-corrected chi connectivity index (χ0v) is 25.7. The molecule has 0 bridgehead atoms. The summed E-state index contributed by atoms with van der Waals surface area (Å²) in [4.78, 5) is 12.8. The van der Waals surface area contributed by atoms with Crippen LogP contribution in [0.3, 0.4) is 0 Å². The lowest BCUT2D eigenvalue weighted by Gasteiger charge is -2.37. The van der Waals surface area contributed by atoms with Crippen molar-refractivity contribution in [3.05, 3.63) is 34.6 Å². The molecule has 1 aromatic carbocycles. The predicted molar refractivity (Wildman–Crippen MR) is 146 cm³/mol. The molecule has 0 saturated heterocycles. The number of nitrogens with one attached hydrogen (secondary N) is 2. The summed E-state index contributed by atoms with van der Waals surface area (Å²) < 4.78 is 27.4. The van der Waals surface area contributed by atoms with Gasteiger partial charge in [0.25, 0.3) is 0 Å². The number of hydrogen-bond acceptors (Lipinski definition) is 4. The van der Waals surface area contributed by atoms with Crippen molar-refractivity contribution in [2.24, 2.45) is 0 Å². The van der Waals surface area contributed by atoms with Crippen LogP contribution in [0.1, 0.15) is 60.1 Å². The van der Waals surface area contributed by atoms with Gasteiger partial charge in [-0.3, -0.25) is 4.79 Å². The molecule has 0 aliphatic rings. The van der Waals surface area contributed by atoms with Crippen molar-refractivity contribution >= 4 is 34.1 Å². The lowest BCUT2D eigenvalue weighted by molar-refractivity contribution is -0.121. The third-order valence-electron chi connectivity index (χ3n) is 7.22. The molecule has 1 amide bonds. The molecular formula is C25H46ClFN2O3Si2. The topological polar surface area (TPSA) is 59.6 Å². The van der Waals surface area contributed by atoms with Gasteiger partial charge in [0, 0.05) is 18.2 Å². The Morgan fingerprint density at radius 3 is 2.00 bits per heavy atom. The van der Waals surface area contributed by atoms with Crippen LogP contribution in [0.4, 0.5) is 4.39 Å². The summed E-state index contributed by atoms with van der Waals surface area (Å²) >= 11 is 6.02.